The van der Waals surface area contributed by atoms with E-state index >= 15 is 0 Å². The van der Waals surface area contributed by atoms with Gasteiger partial charge in [-0.1, -0.05) is 11.6 Å². The second-order valence-corrected chi connectivity index (χ2v) is 5.67. The summed E-state index contributed by atoms with van der Waals surface area (Å²) in [7, 11) is 0. The average molecular weight is 246 g/mol. The molecule has 0 bridgehead atoms. The maximum Gasteiger partial charge on any atom is 0.0599 e. The van der Waals surface area contributed by atoms with Gasteiger partial charge in [-0.05, 0) is 38.5 Å². The molecule has 0 unspecified atom stereocenters. The maximum atomic E-state index is 9.55. The van der Waals surface area contributed by atoms with Gasteiger partial charge in [0.15, 0.2) is 0 Å². The summed E-state index contributed by atoms with van der Waals surface area (Å²) in [5.74, 6) is 0.827. The molecule has 0 atom stereocenters. The Morgan fingerprint density at radius 2 is 2.13 bits per heavy atom. The first-order chi connectivity index (χ1) is 6.88. The molecule has 0 aromatic heterocycles. The molecule has 0 amide bonds. The van der Waals surface area contributed by atoms with E-state index in [0.29, 0.717) is 5.02 Å². The Labute approximate surface area is 99.8 Å². The number of nitrogens with two attached hydrogens (primary N) is 1. The lowest BCUT2D eigenvalue weighted by atomic mass is 10.1. The third-order valence-corrected chi connectivity index (χ3v) is 3.25. The van der Waals surface area contributed by atoms with Gasteiger partial charge in [0.1, 0.15) is 0 Å². The molecule has 0 fully saturated rings. The summed E-state index contributed by atoms with van der Waals surface area (Å²) >= 11 is 7.49. The first kappa shape index (κ1) is 12.7. The molecule has 3 N–H and O–H groups in total. The van der Waals surface area contributed by atoms with E-state index in [-0.39, 0.29) is 0 Å². The minimum atomic E-state index is -0.625. The van der Waals surface area contributed by atoms with E-state index in [2.05, 4.69) is 0 Å². The van der Waals surface area contributed by atoms with Crippen LogP contribution < -0.4 is 5.73 Å². The number of nitrogen functional groups attached to an aromatic ring is 1. The molecular formula is C11H16ClNOS. The normalized spacial score (nSPS) is 11.7. The van der Waals surface area contributed by atoms with Crippen molar-refractivity contribution in [3.05, 3.63) is 23.2 Å². The third-order valence-electron chi connectivity index (χ3n) is 1.95. The zero-order chi connectivity index (χ0) is 11.5. The van der Waals surface area contributed by atoms with E-state index in [1.165, 1.54) is 0 Å². The van der Waals surface area contributed by atoms with Gasteiger partial charge < -0.3 is 10.8 Å². The second kappa shape index (κ2) is 5.10. The summed E-state index contributed by atoms with van der Waals surface area (Å²) in [5, 5.41) is 10.2. The number of aliphatic hydroxyl groups is 1. The van der Waals surface area contributed by atoms with Crippen molar-refractivity contribution in [2.45, 2.75) is 30.8 Å². The Balaban J connectivity index is 2.54. The highest BCUT2D eigenvalue weighted by molar-refractivity contribution is 7.99. The van der Waals surface area contributed by atoms with Gasteiger partial charge in [-0.25, -0.2) is 0 Å². The average Bonchev–Trinajstić information content (AvgIpc) is 2.09. The molecule has 4 heteroatoms. The van der Waals surface area contributed by atoms with Crippen LogP contribution >= 0.6 is 23.4 Å². The quantitative estimate of drug-likeness (QED) is 0.633. The van der Waals surface area contributed by atoms with E-state index in [0.717, 1.165) is 22.8 Å². The predicted octanol–water partition coefficient (Wildman–Crippen LogP) is 3.18. The van der Waals surface area contributed by atoms with Gasteiger partial charge in [-0.2, -0.15) is 0 Å². The largest absolute Gasteiger partial charge is 0.398 e. The topological polar surface area (TPSA) is 46.2 Å². The number of benzene rings is 1. The Morgan fingerprint density at radius 3 is 2.73 bits per heavy atom. The van der Waals surface area contributed by atoms with Gasteiger partial charge in [0.05, 0.1) is 5.60 Å². The minimum absolute atomic E-state index is 0.625. The number of thioether (sulfide) groups is 1. The molecule has 0 heterocycles. The van der Waals surface area contributed by atoms with Crippen molar-refractivity contribution in [2.75, 3.05) is 11.5 Å². The Morgan fingerprint density at radius 1 is 1.47 bits per heavy atom. The summed E-state index contributed by atoms with van der Waals surface area (Å²) in [6, 6.07) is 5.43. The van der Waals surface area contributed by atoms with Crippen LogP contribution in [0.25, 0.3) is 0 Å². The molecule has 0 aliphatic heterocycles. The predicted molar refractivity (Wildman–Crippen MR) is 67.5 cm³/mol. The van der Waals surface area contributed by atoms with Crippen LogP contribution in [-0.4, -0.2) is 16.5 Å². The molecule has 0 saturated heterocycles. The van der Waals surface area contributed by atoms with E-state index < -0.39 is 5.60 Å². The number of hydrogen-bond donors (Lipinski definition) is 2. The Kier molecular flexibility index (Phi) is 4.32. The molecule has 0 saturated carbocycles. The molecule has 0 aliphatic rings. The highest BCUT2D eigenvalue weighted by Crippen LogP contribution is 2.29. The highest BCUT2D eigenvalue weighted by atomic mass is 35.5. The maximum absolute atomic E-state index is 9.55. The third kappa shape index (κ3) is 4.78. The van der Waals surface area contributed by atoms with Crippen LogP contribution in [0.2, 0.25) is 5.02 Å². The fourth-order valence-corrected chi connectivity index (χ4v) is 2.55. The molecule has 1 aromatic rings. The van der Waals surface area contributed by atoms with Crippen LogP contribution in [0.5, 0.6) is 0 Å². The molecule has 2 nitrogen and oxygen atoms in total. The molecule has 84 valence electrons. The van der Waals surface area contributed by atoms with Gasteiger partial charge in [0.25, 0.3) is 0 Å². The molecule has 1 aromatic carbocycles. The monoisotopic (exact) mass is 245 g/mol. The number of hydrogen-bond acceptors (Lipinski definition) is 3. The smallest absolute Gasteiger partial charge is 0.0599 e. The summed E-state index contributed by atoms with van der Waals surface area (Å²) < 4.78 is 0. The van der Waals surface area contributed by atoms with Gasteiger partial charge in [-0.15, -0.1) is 11.8 Å². The van der Waals surface area contributed by atoms with Gasteiger partial charge in [0.2, 0.25) is 0 Å². The lowest BCUT2D eigenvalue weighted by Crippen LogP contribution is -2.19. The van der Waals surface area contributed by atoms with Gasteiger partial charge >= 0.3 is 0 Å². The van der Waals surface area contributed by atoms with E-state index in [1.807, 2.05) is 6.07 Å². The fraction of sp³-hybridized carbons (Fsp3) is 0.455. The number of anilines is 1. The van der Waals surface area contributed by atoms with Crippen molar-refractivity contribution >= 4 is 29.1 Å². The summed E-state index contributed by atoms with van der Waals surface area (Å²) in [5.41, 5.74) is 5.91. The van der Waals surface area contributed by atoms with Crippen molar-refractivity contribution in [2.24, 2.45) is 0 Å². The molecule has 0 radical (unpaired) electrons. The van der Waals surface area contributed by atoms with E-state index in [1.54, 1.807) is 37.7 Å². The van der Waals surface area contributed by atoms with E-state index in [9.17, 15) is 5.11 Å². The van der Waals surface area contributed by atoms with Crippen LogP contribution in [0.4, 0.5) is 5.69 Å². The van der Waals surface area contributed by atoms with Crippen molar-refractivity contribution in [3.63, 3.8) is 0 Å². The highest BCUT2D eigenvalue weighted by Gasteiger charge is 2.12. The van der Waals surface area contributed by atoms with Crippen LogP contribution in [0.15, 0.2) is 23.1 Å². The van der Waals surface area contributed by atoms with Gasteiger partial charge in [-0.3, -0.25) is 0 Å². The Hall–Kier alpha value is -0.380. The van der Waals surface area contributed by atoms with Crippen molar-refractivity contribution in [1.29, 1.82) is 0 Å². The molecule has 1 rings (SSSR count). The zero-order valence-electron chi connectivity index (χ0n) is 8.96. The van der Waals surface area contributed by atoms with Crippen LogP contribution in [0, 0.1) is 0 Å². The second-order valence-electron chi connectivity index (χ2n) is 4.09. The van der Waals surface area contributed by atoms with Gasteiger partial charge in [0, 0.05) is 21.4 Å². The SMILES string of the molecule is CC(C)(O)CCSc1cc(Cl)ccc1N. The lowest BCUT2D eigenvalue weighted by Gasteiger charge is -2.16. The first-order valence-electron chi connectivity index (χ1n) is 4.79. The molecular weight excluding hydrogens is 230 g/mol. The van der Waals surface area contributed by atoms with Crippen LogP contribution in [0.1, 0.15) is 20.3 Å². The van der Waals surface area contributed by atoms with Crippen molar-refractivity contribution in [3.8, 4) is 0 Å². The molecule has 15 heavy (non-hydrogen) atoms. The summed E-state index contributed by atoms with van der Waals surface area (Å²) in [6.45, 7) is 3.60. The summed E-state index contributed by atoms with van der Waals surface area (Å²) in [4.78, 5) is 0.978. The fourth-order valence-electron chi connectivity index (χ4n) is 1.04. The molecule has 0 spiro atoms. The van der Waals surface area contributed by atoms with Crippen LogP contribution in [-0.2, 0) is 0 Å². The zero-order valence-corrected chi connectivity index (χ0v) is 10.5. The first-order valence-corrected chi connectivity index (χ1v) is 6.15. The Bertz CT molecular complexity index is 336. The number of halogens is 1. The van der Waals surface area contributed by atoms with Crippen molar-refractivity contribution in [1.82, 2.24) is 0 Å². The minimum Gasteiger partial charge on any atom is -0.398 e. The number of rotatable bonds is 4. The van der Waals surface area contributed by atoms with Crippen molar-refractivity contribution < 1.29 is 5.11 Å². The molecule has 0 aliphatic carbocycles. The van der Waals surface area contributed by atoms with E-state index in [4.69, 9.17) is 17.3 Å². The lowest BCUT2D eigenvalue weighted by molar-refractivity contribution is 0.0778. The van der Waals surface area contributed by atoms with Crippen LogP contribution in [0.3, 0.4) is 0 Å². The standard InChI is InChI=1S/C11H16ClNOS/c1-11(2,14)5-6-15-10-7-8(12)3-4-9(10)13/h3-4,7,14H,5-6,13H2,1-2H3. The summed E-state index contributed by atoms with van der Waals surface area (Å²) in [6.07, 6.45) is 0.726.